The molecule has 0 heterocycles. The number of hydrazine groups is 1. The summed E-state index contributed by atoms with van der Waals surface area (Å²) < 4.78 is 0. The molecule has 0 unspecified atom stereocenters. The van der Waals surface area contributed by atoms with Gasteiger partial charge in [-0.1, -0.05) is 18.2 Å². The maximum absolute atomic E-state index is 11.4. The topological polar surface area (TPSA) is 84.4 Å². The molecule has 0 atom stereocenters. The van der Waals surface area contributed by atoms with Crippen molar-refractivity contribution in [3.05, 3.63) is 58.1 Å². The number of rotatable bonds is 5. The monoisotopic (exact) mass is 286 g/mol. The molecule has 0 aromatic heterocycles. The zero-order valence-corrected chi connectivity index (χ0v) is 12.0. The zero-order chi connectivity index (χ0) is 15.4. The molecule has 3 N–H and O–H groups in total. The fourth-order valence-electron chi connectivity index (χ4n) is 2.35. The van der Waals surface area contributed by atoms with E-state index in [4.69, 9.17) is 5.84 Å². The van der Waals surface area contributed by atoms with Gasteiger partial charge in [-0.15, -0.1) is 0 Å². The van der Waals surface area contributed by atoms with Crippen molar-refractivity contribution in [3.8, 4) is 0 Å². The molecular formula is C15H18N4O2. The van der Waals surface area contributed by atoms with E-state index < -0.39 is 4.92 Å². The lowest BCUT2D eigenvalue weighted by Gasteiger charge is -2.24. The fourth-order valence-corrected chi connectivity index (χ4v) is 2.35. The quantitative estimate of drug-likeness (QED) is 0.500. The Hall–Kier alpha value is -2.60. The molecule has 0 aliphatic rings. The zero-order valence-electron chi connectivity index (χ0n) is 12.0. The lowest BCUT2D eigenvalue weighted by atomic mass is 10.1. The lowest BCUT2D eigenvalue weighted by molar-refractivity contribution is -0.383. The van der Waals surface area contributed by atoms with Gasteiger partial charge in [0.2, 0.25) is 0 Å². The van der Waals surface area contributed by atoms with Gasteiger partial charge in [-0.3, -0.25) is 16.0 Å². The summed E-state index contributed by atoms with van der Waals surface area (Å²) in [7, 11) is 0. The van der Waals surface area contributed by atoms with Crippen molar-refractivity contribution in [2.45, 2.75) is 13.8 Å². The van der Waals surface area contributed by atoms with Gasteiger partial charge < -0.3 is 10.3 Å². The maximum atomic E-state index is 11.4. The summed E-state index contributed by atoms with van der Waals surface area (Å²) in [4.78, 5) is 12.9. The van der Waals surface area contributed by atoms with Crippen LogP contribution in [0.3, 0.4) is 0 Å². The van der Waals surface area contributed by atoms with Crippen LogP contribution in [0.15, 0.2) is 42.5 Å². The van der Waals surface area contributed by atoms with Crippen LogP contribution in [-0.4, -0.2) is 11.5 Å². The third-order valence-corrected chi connectivity index (χ3v) is 3.27. The first-order chi connectivity index (χ1) is 10.1. The van der Waals surface area contributed by atoms with Crippen LogP contribution in [-0.2, 0) is 0 Å². The summed E-state index contributed by atoms with van der Waals surface area (Å²) in [5.41, 5.74) is 5.19. The maximum Gasteiger partial charge on any atom is 0.317 e. The van der Waals surface area contributed by atoms with Crippen LogP contribution in [0.25, 0.3) is 0 Å². The third-order valence-electron chi connectivity index (χ3n) is 3.27. The van der Waals surface area contributed by atoms with Gasteiger partial charge in [-0.05, 0) is 43.7 Å². The number of aryl methyl sites for hydroxylation is 1. The van der Waals surface area contributed by atoms with Crippen LogP contribution in [0.5, 0.6) is 0 Å². The molecule has 6 heteroatoms. The Balaban J connectivity index is 2.60. The van der Waals surface area contributed by atoms with Crippen molar-refractivity contribution in [1.29, 1.82) is 0 Å². The Morgan fingerprint density at radius 2 is 2.00 bits per heavy atom. The van der Waals surface area contributed by atoms with E-state index in [1.54, 1.807) is 18.2 Å². The number of benzene rings is 2. The predicted octanol–water partition coefficient (Wildman–Crippen LogP) is 3.35. The molecule has 2 rings (SSSR count). The van der Waals surface area contributed by atoms with E-state index in [2.05, 4.69) is 5.43 Å². The molecule has 0 bridgehead atoms. The van der Waals surface area contributed by atoms with Gasteiger partial charge in [-0.2, -0.15) is 0 Å². The average Bonchev–Trinajstić information content (AvgIpc) is 2.47. The number of hydrogen-bond acceptors (Lipinski definition) is 5. The molecule has 0 aliphatic carbocycles. The smallest absolute Gasteiger partial charge is 0.317 e. The number of para-hydroxylation sites is 1. The van der Waals surface area contributed by atoms with E-state index in [-0.39, 0.29) is 5.69 Å². The van der Waals surface area contributed by atoms with E-state index in [1.165, 1.54) is 0 Å². The van der Waals surface area contributed by atoms with Gasteiger partial charge in [0.15, 0.2) is 0 Å². The van der Waals surface area contributed by atoms with Gasteiger partial charge in [0, 0.05) is 12.2 Å². The minimum Gasteiger partial charge on any atom is -0.336 e. The molecule has 0 amide bonds. The molecule has 110 valence electrons. The number of nitro groups is 1. The fraction of sp³-hybridized carbons (Fsp3) is 0.200. The summed E-state index contributed by atoms with van der Waals surface area (Å²) in [5.74, 6) is 5.39. The van der Waals surface area contributed by atoms with Gasteiger partial charge >= 0.3 is 5.69 Å². The highest BCUT2D eigenvalue weighted by Gasteiger charge is 2.23. The van der Waals surface area contributed by atoms with Crippen molar-refractivity contribution in [2.75, 3.05) is 16.9 Å². The van der Waals surface area contributed by atoms with E-state index in [9.17, 15) is 10.1 Å². The Labute approximate surface area is 123 Å². The van der Waals surface area contributed by atoms with E-state index in [1.807, 2.05) is 43.0 Å². The van der Waals surface area contributed by atoms with Crippen LogP contribution in [0, 0.1) is 17.0 Å². The Bertz CT molecular complexity index is 658. The second kappa shape index (κ2) is 6.23. The highest BCUT2D eigenvalue weighted by Crippen LogP contribution is 2.38. The first-order valence-electron chi connectivity index (χ1n) is 6.66. The Kier molecular flexibility index (Phi) is 4.39. The predicted molar refractivity (Wildman–Crippen MR) is 84.8 cm³/mol. The number of nitrogens with two attached hydrogens (primary N) is 1. The first-order valence-corrected chi connectivity index (χ1v) is 6.66. The van der Waals surface area contributed by atoms with Crippen LogP contribution >= 0.6 is 0 Å². The largest absolute Gasteiger partial charge is 0.336 e. The number of hydrogen-bond donors (Lipinski definition) is 2. The van der Waals surface area contributed by atoms with Gasteiger partial charge in [0.25, 0.3) is 0 Å². The number of nitrogens with zero attached hydrogens (tertiary/aromatic N) is 2. The molecular weight excluding hydrogens is 268 g/mol. The highest BCUT2D eigenvalue weighted by molar-refractivity contribution is 5.81. The molecule has 6 nitrogen and oxygen atoms in total. The summed E-state index contributed by atoms with van der Waals surface area (Å²) in [6.45, 7) is 4.55. The molecule has 0 aliphatic heterocycles. The van der Waals surface area contributed by atoms with Crippen LogP contribution in [0.2, 0.25) is 0 Å². The summed E-state index contributed by atoms with van der Waals surface area (Å²) in [5, 5.41) is 11.4. The van der Waals surface area contributed by atoms with E-state index in [0.29, 0.717) is 17.9 Å². The number of nitrogens with one attached hydrogen (secondary N) is 1. The second-order valence-electron chi connectivity index (χ2n) is 4.66. The van der Waals surface area contributed by atoms with Crippen molar-refractivity contribution < 1.29 is 4.92 Å². The molecule has 0 saturated carbocycles. The van der Waals surface area contributed by atoms with E-state index >= 15 is 0 Å². The lowest BCUT2D eigenvalue weighted by Crippen LogP contribution is -2.19. The second-order valence-corrected chi connectivity index (χ2v) is 4.66. The van der Waals surface area contributed by atoms with Crippen molar-refractivity contribution in [1.82, 2.24) is 0 Å². The standard InChI is InChI=1S/C15H18N4O2/c1-3-18(12-7-4-6-11(2)10-12)14-9-5-8-13(17-16)15(14)19(20)21/h4-10,17H,3,16H2,1-2H3. The Morgan fingerprint density at radius 3 is 2.57 bits per heavy atom. The Morgan fingerprint density at radius 1 is 1.29 bits per heavy atom. The molecule has 0 spiro atoms. The van der Waals surface area contributed by atoms with Crippen LogP contribution in [0.4, 0.5) is 22.7 Å². The summed E-state index contributed by atoms with van der Waals surface area (Å²) in [6, 6.07) is 12.9. The molecule has 2 aromatic rings. The summed E-state index contributed by atoms with van der Waals surface area (Å²) >= 11 is 0. The molecule has 2 aromatic carbocycles. The number of nitro benzene ring substituents is 1. The van der Waals surface area contributed by atoms with E-state index in [0.717, 1.165) is 11.3 Å². The SMILES string of the molecule is CCN(c1cccc(C)c1)c1cccc(NN)c1[N+](=O)[O-]. The number of anilines is 3. The molecule has 0 radical (unpaired) electrons. The third kappa shape index (κ3) is 2.95. The van der Waals surface area contributed by atoms with Gasteiger partial charge in [-0.25, -0.2) is 0 Å². The van der Waals surface area contributed by atoms with Crippen molar-refractivity contribution >= 4 is 22.7 Å². The van der Waals surface area contributed by atoms with Crippen molar-refractivity contribution in [2.24, 2.45) is 5.84 Å². The summed E-state index contributed by atoms with van der Waals surface area (Å²) in [6.07, 6.45) is 0. The van der Waals surface area contributed by atoms with Gasteiger partial charge in [0.1, 0.15) is 11.4 Å². The first kappa shape index (κ1) is 14.8. The number of nitrogen functional groups attached to an aromatic ring is 1. The van der Waals surface area contributed by atoms with Crippen LogP contribution < -0.4 is 16.2 Å². The molecule has 21 heavy (non-hydrogen) atoms. The molecule has 0 fully saturated rings. The van der Waals surface area contributed by atoms with Crippen molar-refractivity contribution in [3.63, 3.8) is 0 Å². The normalized spacial score (nSPS) is 10.2. The molecule has 0 saturated heterocycles. The highest BCUT2D eigenvalue weighted by atomic mass is 16.6. The van der Waals surface area contributed by atoms with Gasteiger partial charge in [0.05, 0.1) is 4.92 Å². The minimum atomic E-state index is -0.414. The minimum absolute atomic E-state index is 0.0247. The van der Waals surface area contributed by atoms with Crippen LogP contribution in [0.1, 0.15) is 12.5 Å². The average molecular weight is 286 g/mol.